The van der Waals surface area contributed by atoms with Gasteiger partial charge in [0.2, 0.25) is 0 Å². The molecule has 0 amide bonds. The van der Waals surface area contributed by atoms with Crippen molar-refractivity contribution in [3.8, 4) is 0 Å². The monoisotopic (exact) mass is 534 g/mol. The lowest BCUT2D eigenvalue weighted by molar-refractivity contribution is -0.156. The average molecular weight is 535 g/mol. The van der Waals surface area contributed by atoms with Gasteiger partial charge < -0.3 is 9.47 Å². The number of halogens is 3. The molecule has 0 saturated heterocycles. The molecule has 3 aromatic rings. The molecule has 1 aromatic heterocycles. The lowest BCUT2D eigenvalue weighted by atomic mass is 10.1. The number of rotatable bonds is 8. The summed E-state index contributed by atoms with van der Waals surface area (Å²) in [5, 5.41) is 4.14. The molecule has 0 aliphatic heterocycles. The third-order valence-electron chi connectivity index (χ3n) is 5.01. The fourth-order valence-electron chi connectivity index (χ4n) is 3.23. The van der Waals surface area contributed by atoms with Crippen molar-refractivity contribution < 1.29 is 32.2 Å². The number of esters is 2. The lowest BCUT2D eigenvalue weighted by Crippen LogP contribution is -2.36. The van der Waals surface area contributed by atoms with Crippen molar-refractivity contribution in [2.75, 3.05) is 0 Å². The van der Waals surface area contributed by atoms with Crippen LogP contribution in [0.2, 0.25) is 0 Å². The molecule has 0 radical (unpaired) electrons. The average Bonchev–Trinajstić information content (AvgIpc) is 3.23. The zero-order chi connectivity index (χ0) is 27.4. The molecule has 10 heteroatoms. The van der Waals surface area contributed by atoms with Gasteiger partial charge in [0.05, 0.1) is 23.9 Å². The zero-order valence-electron chi connectivity index (χ0n) is 21.3. The summed E-state index contributed by atoms with van der Waals surface area (Å²) in [5.41, 5.74) is 0.0952. The number of benzene rings is 2. The molecule has 0 bridgehead atoms. The van der Waals surface area contributed by atoms with Gasteiger partial charge in [0.25, 0.3) is 0 Å². The highest BCUT2D eigenvalue weighted by Gasteiger charge is 2.34. The second-order valence-electron chi connectivity index (χ2n) is 9.96. The minimum atomic E-state index is -4.41. The van der Waals surface area contributed by atoms with Crippen molar-refractivity contribution in [3.05, 3.63) is 83.2 Å². The molecule has 0 fully saturated rings. The highest BCUT2D eigenvalue weighted by Crippen LogP contribution is 2.35. The van der Waals surface area contributed by atoms with Gasteiger partial charge in [0.1, 0.15) is 17.0 Å². The van der Waals surface area contributed by atoms with Gasteiger partial charge in [-0.3, -0.25) is 9.48 Å². The number of alkyl halides is 3. The Labute approximate surface area is 218 Å². The van der Waals surface area contributed by atoms with Crippen LogP contribution < -0.4 is 0 Å². The Morgan fingerprint density at radius 3 is 2.27 bits per heavy atom. The second kappa shape index (κ2) is 11.0. The number of hydrogen-bond acceptors (Lipinski definition) is 6. The molecule has 0 atom stereocenters. The molecule has 0 unspecified atom stereocenters. The van der Waals surface area contributed by atoms with Crippen LogP contribution in [0.3, 0.4) is 0 Å². The van der Waals surface area contributed by atoms with Crippen LogP contribution >= 0.6 is 11.8 Å². The van der Waals surface area contributed by atoms with Crippen molar-refractivity contribution in [1.29, 1.82) is 0 Å². The molecule has 0 spiro atoms. The Morgan fingerprint density at radius 2 is 1.65 bits per heavy atom. The summed E-state index contributed by atoms with van der Waals surface area (Å²) in [6, 6.07) is 11.8. The van der Waals surface area contributed by atoms with E-state index in [0.29, 0.717) is 16.7 Å². The molecule has 37 heavy (non-hydrogen) atoms. The molecular weight excluding hydrogens is 505 g/mol. The van der Waals surface area contributed by atoms with Gasteiger partial charge in [-0.15, -0.1) is 11.8 Å². The Balaban J connectivity index is 1.54. The first-order valence-corrected chi connectivity index (χ1v) is 12.3. The first-order valence-electron chi connectivity index (χ1n) is 11.5. The normalized spacial score (nSPS) is 12.3. The van der Waals surface area contributed by atoms with Crippen LogP contribution in [0.5, 0.6) is 0 Å². The second-order valence-corrected chi connectivity index (χ2v) is 11.7. The number of thioether (sulfide) groups is 1. The van der Waals surface area contributed by atoms with Crippen molar-refractivity contribution in [1.82, 2.24) is 9.78 Å². The SMILES string of the molecule is CC(C)(C)OC(=O)C(C)(C)Sc1ccc(C(=O)OCc2cnn(Cc3cccc(C(F)(F)F)c3)c2)cc1. The predicted molar refractivity (Wildman–Crippen MR) is 134 cm³/mol. The fourth-order valence-corrected chi connectivity index (χ4v) is 4.22. The van der Waals surface area contributed by atoms with Gasteiger partial charge in [0.15, 0.2) is 0 Å². The lowest BCUT2D eigenvalue weighted by Gasteiger charge is -2.28. The Hall–Kier alpha value is -3.27. The molecule has 0 aliphatic rings. The van der Waals surface area contributed by atoms with E-state index >= 15 is 0 Å². The molecule has 3 rings (SSSR count). The quantitative estimate of drug-likeness (QED) is 0.242. The van der Waals surface area contributed by atoms with E-state index in [2.05, 4.69) is 5.10 Å². The van der Waals surface area contributed by atoms with E-state index in [4.69, 9.17) is 9.47 Å². The Morgan fingerprint density at radius 1 is 0.973 bits per heavy atom. The van der Waals surface area contributed by atoms with Crippen LogP contribution in [0.1, 0.15) is 61.7 Å². The molecule has 0 saturated carbocycles. The molecule has 1 heterocycles. The first kappa shape index (κ1) is 28.3. The minimum Gasteiger partial charge on any atom is -0.459 e. The van der Waals surface area contributed by atoms with Crippen LogP contribution in [-0.2, 0) is 33.6 Å². The Kier molecular flexibility index (Phi) is 8.42. The number of hydrogen-bond donors (Lipinski definition) is 0. The fraction of sp³-hybridized carbons (Fsp3) is 0.370. The number of carbonyl (C=O) groups excluding carboxylic acids is 2. The standard InChI is InChI=1S/C27H29F3N2O4S/c1-25(2,3)36-24(34)26(4,5)37-22-11-9-20(10-12-22)23(33)35-17-19-14-31-32(16-19)15-18-7-6-8-21(13-18)27(28,29)30/h6-14,16H,15,17H2,1-5H3. The summed E-state index contributed by atoms with van der Waals surface area (Å²) in [6.07, 6.45) is -1.30. The predicted octanol–water partition coefficient (Wildman–Crippen LogP) is 6.52. The number of aromatic nitrogens is 2. The van der Waals surface area contributed by atoms with Crippen LogP contribution in [0.15, 0.2) is 65.8 Å². The maximum absolute atomic E-state index is 12.9. The van der Waals surface area contributed by atoms with Gasteiger partial charge in [-0.05, 0) is 76.6 Å². The highest BCUT2D eigenvalue weighted by molar-refractivity contribution is 8.01. The van der Waals surface area contributed by atoms with E-state index in [1.807, 2.05) is 20.8 Å². The maximum atomic E-state index is 12.9. The van der Waals surface area contributed by atoms with Gasteiger partial charge in [-0.1, -0.05) is 12.1 Å². The maximum Gasteiger partial charge on any atom is 0.416 e. The largest absolute Gasteiger partial charge is 0.459 e. The smallest absolute Gasteiger partial charge is 0.416 e. The van der Waals surface area contributed by atoms with E-state index in [-0.39, 0.29) is 19.1 Å². The molecular formula is C27H29F3N2O4S. The summed E-state index contributed by atoms with van der Waals surface area (Å²) in [5.74, 6) is -0.865. The summed E-state index contributed by atoms with van der Waals surface area (Å²) < 4.78 is 50.2. The number of nitrogens with zero attached hydrogens (tertiary/aromatic N) is 2. The van der Waals surface area contributed by atoms with Crippen molar-refractivity contribution in [2.45, 2.75) is 69.2 Å². The van der Waals surface area contributed by atoms with Crippen LogP contribution in [-0.4, -0.2) is 32.1 Å². The molecule has 6 nitrogen and oxygen atoms in total. The summed E-state index contributed by atoms with van der Waals surface area (Å²) in [4.78, 5) is 25.7. The van der Waals surface area contributed by atoms with Gasteiger partial charge in [-0.2, -0.15) is 18.3 Å². The van der Waals surface area contributed by atoms with Crippen LogP contribution in [0.25, 0.3) is 0 Å². The molecule has 0 N–H and O–H groups in total. The van der Waals surface area contributed by atoms with Crippen molar-refractivity contribution >= 4 is 23.7 Å². The topological polar surface area (TPSA) is 70.4 Å². The molecule has 0 aliphatic carbocycles. The van der Waals surface area contributed by atoms with Crippen molar-refractivity contribution in [2.24, 2.45) is 0 Å². The van der Waals surface area contributed by atoms with E-state index < -0.39 is 28.1 Å². The minimum absolute atomic E-state index is 0.0381. The summed E-state index contributed by atoms with van der Waals surface area (Å²) in [6.45, 7) is 9.11. The van der Waals surface area contributed by atoms with E-state index in [0.717, 1.165) is 17.0 Å². The third-order valence-corrected chi connectivity index (χ3v) is 6.19. The number of carbonyl (C=O) groups is 2. The third kappa shape index (κ3) is 8.38. The van der Waals surface area contributed by atoms with Crippen LogP contribution in [0.4, 0.5) is 13.2 Å². The molecule has 198 valence electrons. The molecule has 2 aromatic carbocycles. The number of ether oxygens (including phenoxy) is 2. The van der Waals surface area contributed by atoms with E-state index in [1.165, 1.54) is 28.7 Å². The van der Waals surface area contributed by atoms with Crippen molar-refractivity contribution in [3.63, 3.8) is 0 Å². The highest BCUT2D eigenvalue weighted by atomic mass is 32.2. The van der Waals surface area contributed by atoms with E-state index in [9.17, 15) is 22.8 Å². The summed E-state index contributed by atoms with van der Waals surface area (Å²) in [7, 11) is 0. The first-order chi connectivity index (χ1) is 17.1. The Bertz CT molecular complexity index is 1250. The zero-order valence-corrected chi connectivity index (χ0v) is 22.1. The van der Waals surface area contributed by atoms with E-state index in [1.54, 1.807) is 50.4 Å². The van der Waals surface area contributed by atoms with Gasteiger partial charge in [-0.25, -0.2) is 4.79 Å². The summed E-state index contributed by atoms with van der Waals surface area (Å²) >= 11 is 1.33. The van der Waals surface area contributed by atoms with Gasteiger partial charge in [0, 0.05) is 16.7 Å². The van der Waals surface area contributed by atoms with Gasteiger partial charge >= 0.3 is 18.1 Å². The van der Waals surface area contributed by atoms with Crippen LogP contribution in [0, 0.1) is 0 Å².